The van der Waals surface area contributed by atoms with Crippen molar-refractivity contribution in [3.63, 3.8) is 0 Å². The molecule has 2 aromatic heterocycles. The van der Waals surface area contributed by atoms with Crippen LogP contribution in [-0.2, 0) is 0 Å². The maximum absolute atomic E-state index is 5.37. The van der Waals surface area contributed by atoms with Crippen LogP contribution in [-0.4, -0.2) is 22.1 Å². The molecule has 0 aliphatic carbocycles. The van der Waals surface area contributed by atoms with Crippen LogP contribution >= 0.6 is 0 Å². The van der Waals surface area contributed by atoms with Gasteiger partial charge in [0.05, 0.1) is 18.5 Å². The number of rotatable bonds is 3. The zero-order chi connectivity index (χ0) is 13.8. The summed E-state index contributed by atoms with van der Waals surface area (Å²) < 4.78 is 5.37. The van der Waals surface area contributed by atoms with E-state index in [1.54, 1.807) is 25.8 Å². The first-order valence-corrected chi connectivity index (χ1v) is 6.24. The van der Waals surface area contributed by atoms with Crippen molar-refractivity contribution in [2.75, 3.05) is 7.11 Å². The summed E-state index contributed by atoms with van der Waals surface area (Å²) in [5.41, 5.74) is 3.58. The number of aromatic nitrogens is 3. The van der Waals surface area contributed by atoms with Gasteiger partial charge in [0.15, 0.2) is 0 Å². The van der Waals surface area contributed by atoms with Crippen molar-refractivity contribution >= 4 is 0 Å². The van der Waals surface area contributed by atoms with E-state index >= 15 is 0 Å². The highest BCUT2D eigenvalue weighted by Gasteiger charge is 2.08. The Morgan fingerprint density at radius 3 is 2.60 bits per heavy atom. The van der Waals surface area contributed by atoms with Crippen LogP contribution in [0.25, 0.3) is 22.5 Å². The second-order valence-corrected chi connectivity index (χ2v) is 4.23. The molecule has 2 heterocycles. The van der Waals surface area contributed by atoms with Gasteiger partial charge in [-0.3, -0.25) is 4.98 Å². The number of nitrogens with zero attached hydrogens (tertiary/aromatic N) is 3. The Morgan fingerprint density at radius 1 is 0.950 bits per heavy atom. The molecule has 3 rings (SSSR count). The van der Waals surface area contributed by atoms with Gasteiger partial charge in [-0.1, -0.05) is 12.1 Å². The van der Waals surface area contributed by atoms with Gasteiger partial charge in [-0.05, 0) is 30.3 Å². The van der Waals surface area contributed by atoms with Gasteiger partial charge in [0.25, 0.3) is 0 Å². The van der Waals surface area contributed by atoms with Crippen molar-refractivity contribution in [2.45, 2.75) is 0 Å². The van der Waals surface area contributed by atoms with Crippen molar-refractivity contribution in [1.29, 1.82) is 0 Å². The molecule has 0 radical (unpaired) electrons. The summed E-state index contributed by atoms with van der Waals surface area (Å²) in [4.78, 5) is 12.7. The van der Waals surface area contributed by atoms with Crippen LogP contribution in [0, 0.1) is 0 Å². The lowest BCUT2D eigenvalue weighted by molar-refractivity contribution is 0.416. The summed E-state index contributed by atoms with van der Waals surface area (Å²) in [5, 5.41) is 0. The predicted molar refractivity (Wildman–Crippen MR) is 77.3 cm³/mol. The lowest BCUT2D eigenvalue weighted by Crippen LogP contribution is -1.92. The van der Waals surface area contributed by atoms with E-state index in [4.69, 9.17) is 4.74 Å². The van der Waals surface area contributed by atoms with Gasteiger partial charge >= 0.3 is 0 Å². The first-order valence-electron chi connectivity index (χ1n) is 6.24. The van der Waals surface area contributed by atoms with Gasteiger partial charge in [-0.15, -0.1) is 0 Å². The number of benzene rings is 1. The van der Waals surface area contributed by atoms with E-state index < -0.39 is 0 Å². The Hall–Kier alpha value is -2.75. The number of hydrogen-bond acceptors (Lipinski definition) is 4. The highest BCUT2D eigenvalue weighted by molar-refractivity contribution is 5.71. The highest BCUT2D eigenvalue weighted by atomic mass is 16.5. The standard InChI is InChI=1S/C16H13N3O/c1-20-16-7-3-2-6-13(16)15-9-14(18-11-19-15)12-5-4-8-17-10-12/h2-11H,1H3. The molecule has 98 valence electrons. The molecule has 0 aliphatic rings. The molecule has 0 aliphatic heterocycles. The van der Waals surface area contributed by atoms with Gasteiger partial charge < -0.3 is 4.74 Å². The summed E-state index contributed by atoms with van der Waals surface area (Å²) in [6.07, 6.45) is 5.09. The molecular weight excluding hydrogens is 250 g/mol. The molecule has 20 heavy (non-hydrogen) atoms. The van der Waals surface area contributed by atoms with Crippen molar-refractivity contribution in [2.24, 2.45) is 0 Å². The third kappa shape index (κ3) is 2.36. The van der Waals surface area contributed by atoms with Crippen molar-refractivity contribution in [3.8, 4) is 28.3 Å². The minimum absolute atomic E-state index is 0.795. The molecule has 3 aromatic rings. The fourth-order valence-corrected chi connectivity index (χ4v) is 2.03. The first-order chi connectivity index (χ1) is 9.88. The van der Waals surface area contributed by atoms with Crippen LogP contribution in [0.3, 0.4) is 0 Å². The molecule has 0 saturated heterocycles. The number of pyridine rings is 1. The number of methoxy groups -OCH3 is 1. The van der Waals surface area contributed by atoms with Gasteiger partial charge in [-0.25, -0.2) is 9.97 Å². The zero-order valence-electron chi connectivity index (χ0n) is 11.0. The van der Waals surface area contributed by atoms with E-state index in [0.717, 1.165) is 28.3 Å². The minimum atomic E-state index is 0.795. The predicted octanol–water partition coefficient (Wildman–Crippen LogP) is 3.21. The van der Waals surface area contributed by atoms with Crippen LogP contribution in [0.4, 0.5) is 0 Å². The molecule has 4 nitrogen and oxygen atoms in total. The normalized spacial score (nSPS) is 10.2. The fraction of sp³-hybridized carbons (Fsp3) is 0.0625. The molecule has 0 spiro atoms. The summed E-state index contributed by atoms with van der Waals surface area (Å²) in [6, 6.07) is 13.6. The molecule has 0 unspecified atom stereocenters. The Bertz CT molecular complexity index is 714. The molecule has 0 N–H and O–H groups in total. The summed E-state index contributed by atoms with van der Waals surface area (Å²) in [7, 11) is 1.65. The molecule has 4 heteroatoms. The van der Waals surface area contributed by atoms with E-state index in [1.165, 1.54) is 0 Å². The molecule has 0 atom stereocenters. The Labute approximate surface area is 117 Å². The van der Waals surface area contributed by atoms with Crippen LogP contribution < -0.4 is 4.74 Å². The average Bonchev–Trinajstić information content (AvgIpc) is 2.56. The average molecular weight is 263 g/mol. The Balaban J connectivity index is 2.08. The third-order valence-electron chi connectivity index (χ3n) is 3.01. The van der Waals surface area contributed by atoms with E-state index in [-0.39, 0.29) is 0 Å². The van der Waals surface area contributed by atoms with Crippen LogP contribution in [0.15, 0.2) is 61.2 Å². The summed E-state index contributed by atoms with van der Waals surface area (Å²) in [6.45, 7) is 0. The van der Waals surface area contributed by atoms with Gasteiger partial charge in [0.1, 0.15) is 12.1 Å². The second kappa shape index (κ2) is 5.48. The van der Waals surface area contributed by atoms with Gasteiger partial charge in [0.2, 0.25) is 0 Å². The molecule has 0 amide bonds. The monoisotopic (exact) mass is 263 g/mol. The van der Waals surface area contributed by atoms with Crippen molar-refractivity contribution < 1.29 is 4.74 Å². The van der Waals surface area contributed by atoms with E-state index in [1.807, 2.05) is 42.5 Å². The number of para-hydroxylation sites is 1. The number of hydrogen-bond donors (Lipinski definition) is 0. The quantitative estimate of drug-likeness (QED) is 0.728. The molecular formula is C16H13N3O. The summed E-state index contributed by atoms with van der Waals surface area (Å²) >= 11 is 0. The first kappa shape index (κ1) is 12.3. The third-order valence-corrected chi connectivity index (χ3v) is 3.01. The van der Waals surface area contributed by atoms with E-state index in [0.29, 0.717) is 0 Å². The minimum Gasteiger partial charge on any atom is -0.496 e. The van der Waals surface area contributed by atoms with Gasteiger partial charge in [0, 0.05) is 23.5 Å². The van der Waals surface area contributed by atoms with Crippen LogP contribution in [0.5, 0.6) is 5.75 Å². The second-order valence-electron chi connectivity index (χ2n) is 4.23. The lowest BCUT2D eigenvalue weighted by atomic mass is 10.1. The maximum Gasteiger partial charge on any atom is 0.128 e. The Kier molecular flexibility index (Phi) is 3.37. The van der Waals surface area contributed by atoms with Crippen LogP contribution in [0.2, 0.25) is 0 Å². The maximum atomic E-state index is 5.37. The number of ether oxygens (including phenoxy) is 1. The largest absolute Gasteiger partial charge is 0.496 e. The molecule has 0 fully saturated rings. The van der Waals surface area contributed by atoms with Crippen molar-refractivity contribution in [3.05, 3.63) is 61.2 Å². The van der Waals surface area contributed by atoms with Crippen LogP contribution in [0.1, 0.15) is 0 Å². The fourth-order valence-electron chi connectivity index (χ4n) is 2.03. The molecule has 1 aromatic carbocycles. The van der Waals surface area contributed by atoms with Crippen molar-refractivity contribution in [1.82, 2.24) is 15.0 Å². The molecule has 0 bridgehead atoms. The molecule has 0 saturated carbocycles. The summed E-state index contributed by atoms with van der Waals surface area (Å²) in [5.74, 6) is 0.795. The topological polar surface area (TPSA) is 47.9 Å². The highest BCUT2D eigenvalue weighted by Crippen LogP contribution is 2.29. The SMILES string of the molecule is COc1ccccc1-c1cc(-c2cccnc2)ncn1. The van der Waals surface area contributed by atoms with Gasteiger partial charge in [-0.2, -0.15) is 0 Å². The van der Waals surface area contributed by atoms with E-state index in [2.05, 4.69) is 15.0 Å². The van der Waals surface area contributed by atoms with E-state index in [9.17, 15) is 0 Å². The lowest BCUT2D eigenvalue weighted by Gasteiger charge is -2.08. The Morgan fingerprint density at radius 2 is 1.80 bits per heavy atom. The zero-order valence-corrected chi connectivity index (χ0v) is 11.0. The smallest absolute Gasteiger partial charge is 0.128 e.